The summed E-state index contributed by atoms with van der Waals surface area (Å²) >= 11 is 0. The van der Waals surface area contributed by atoms with Crippen molar-refractivity contribution in [2.75, 3.05) is 12.4 Å². The van der Waals surface area contributed by atoms with Crippen LogP contribution in [0.25, 0.3) is 6.08 Å². The molecule has 170 valence electrons. The van der Waals surface area contributed by atoms with Crippen molar-refractivity contribution in [2.45, 2.75) is 24.7 Å². The SMILES string of the molecule is COC(=O)[C@@](O)(/C=C/c1ccccc1)[C@](C)(Nc1ccccc1)C(=O)OCc1ccccc1. The number of para-hydroxylation sites is 1. The van der Waals surface area contributed by atoms with Crippen LogP contribution < -0.4 is 5.32 Å². The highest BCUT2D eigenvalue weighted by Crippen LogP contribution is 2.32. The van der Waals surface area contributed by atoms with Crippen molar-refractivity contribution in [2.24, 2.45) is 0 Å². The zero-order chi connectivity index (χ0) is 23.7. The van der Waals surface area contributed by atoms with Crippen LogP contribution in [0, 0.1) is 0 Å². The molecule has 0 spiro atoms. The van der Waals surface area contributed by atoms with E-state index in [0.29, 0.717) is 5.69 Å². The molecule has 6 nitrogen and oxygen atoms in total. The third-order valence-corrected chi connectivity index (χ3v) is 5.36. The van der Waals surface area contributed by atoms with Crippen LogP contribution in [0.5, 0.6) is 0 Å². The Morgan fingerprint density at radius 3 is 2.00 bits per heavy atom. The van der Waals surface area contributed by atoms with E-state index < -0.39 is 23.1 Å². The first-order valence-corrected chi connectivity index (χ1v) is 10.5. The summed E-state index contributed by atoms with van der Waals surface area (Å²) in [6.45, 7) is 1.39. The molecule has 0 amide bonds. The van der Waals surface area contributed by atoms with E-state index in [1.165, 1.54) is 13.0 Å². The van der Waals surface area contributed by atoms with Crippen LogP contribution in [0.4, 0.5) is 5.69 Å². The van der Waals surface area contributed by atoms with Crippen molar-refractivity contribution < 1.29 is 24.2 Å². The highest BCUT2D eigenvalue weighted by molar-refractivity contribution is 5.98. The van der Waals surface area contributed by atoms with Gasteiger partial charge in [-0.2, -0.15) is 0 Å². The second kappa shape index (κ2) is 10.6. The maximum atomic E-state index is 13.4. The minimum Gasteiger partial charge on any atom is -0.467 e. The van der Waals surface area contributed by atoms with Crippen LogP contribution in [0.15, 0.2) is 97.1 Å². The standard InChI is InChI=1S/C27H27NO5/c1-26(28-23-16-10-5-11-17-23,24(29)33-20-22-14-8-4-9-15-22)27(31,25(30)32-2)19-18-21-12-6-3-7-13-21/h3-19,28,31H,20H2,1-2H3/b19-18+/t26-,27+/m1/s1. The van der Waals surface area contributed by atoms with E-state index in [0.717, 1.165) is 18.2 Å². The van der Waals surface area contributed by atoms with E-state index in [1.54, 1.807) is 30.3 Å². The average Bonchev–Trinajstić information content (AvgIpc) is 2.87. The summed E-state index contributed by atoms with van der Waals surface area (Å²) in [7, 11) is 1.15. The Bertz CT molecular complexity index is 1090. The number of carbonyl (C=O) groups excluding carboxylic acids is 2. The van der Waals surface area contributed by atoms with E-state index in [4.69, 9.17) is 9.47 Å². The largest absolute Gasteiger partial charge is 0.467 e. The number of carbonyl (C=O) groups is 2. The summed E-state index contributed by atoms with van der Waals surface area (Å²) in [4.78, 5) is 26.3. The minimum absolute atomic E-state index is 0.0224. The summed E-state index contributed by atoms with van der Waals surface area (Å²) in [5, 5.41) is 14.7. The van der Waals surface area contributed by atoms with E-state index >= 15 is 0 Å². The normalized spacial score (nSPS) is 14.6. The van der Waals surface area contributed by atoms with Gasteiger partial charge >= 0.3 is 11.9 Å². The monoisotopic (exact) mass is 445 g/mol. The highest BCUT2D eigenvalue weighted by atomic mass is 16.6. The summed E-state index contributed by atoms with van der Waals surface area (Å²) in [6, 6.07) is 27.1. The molecule has 33 heavy (non-hydrogen) atoms. The topological polar surface area (TPSA) is 84.9 Å². The molecule has 0 heterocycles. The van der Waals surface area contributed by atoms with Crippen molar-refractivity contribution in [3.8, 4) is 0 Å². The van der Waals surface area contributed by atoms with Gasteiger partial charge in [0.15, 0.2) is 5.54 Å². The van der Waals surface area contributed by atoms with Gasteiger partial charge in [-0.1, -0.05) is 84.9 Å². The van der Waals surface area contributed by atoms with Crippen molar-refractivity contribution in [3.63, 3.8) is 0 Å². The molecule has 2 N–H and O–H groups in total. The molecule has 0 bridgehead atoms. The molecule has 0 aliphatic heterocycles. The van der Waals surface area contributed by atoms with E-state index in [9.17, 15) is 14.7 Å². The number of aliphatic hydroxyl groups is 1. The van der Waals surface area contributed by atoms with Crippen LogP contribution >= 0.6 is 0 Å². The van der Waals surface area contributed by atoms with Gasteiger partial charge in [-0.05, 0) is 36.3 Å². The van der Waals surface area contributed by atoms with Crippen molar-refractivity contribution in [1.82, 2.24) is 0 Å². The van der Waals surface area contributed by atoms with Gasteiger partial charge in [0.05, 0.1) is 7.11 Å². The fraction of sp³-hybridized carbons (Fsp3) is 0.185. The maximum Gasteiger partial charge on any atom is 0.345 e. The first-order chi connectivity index (χ1) is 15.9. The quantitative estimate of drug-likeness (QED) is 0.480. The lowest BCUT2D eigenvalue weighted by Gasteiger charge is -2.40. The Balaban J connectivity index is 2.02. The predicted octanol–water partition coefficient (Wildman–Crippen LogP) is 4.22. The Labute approximate surface area is 193 Å². The summed E-state index contributed by atoms with van der Waals surface area (Å²) in [5.74, 6) is -1.82. The summed E-state index contributed by atoms with van der Waals surface area (Å²) < 4.78 is 10.5. The molecule has 0 aliphatic carbocycles. The van der Waals surface area contributed by atoms with Crippen LogP contribution in [0.2, 0.25) is 0 Å². The molecule has 0 aromatic heterocycles. The molecule has 0 aliphatic rings. The van der Waals surface area contributed by atoms with Gasteiger partial charge in [-0.15, -0.1) is 0 Å². The van der Waals surface area contributed by atoms with Gasteiger partial charge in [-0.3, -0.25) is 0 Å². The van der Waals surface area contributed by atoms with Crippen LogP contribution in [0.1, 0.15) is 18.1 Å². The molecular formula is C27H27NO5. The van der Waals surface area contributed by atoms with E-state index in [2.05, 4.69) is 5.32 Å². The first kappa shape index (κ1) is 23.8. The average molecular weight is 446 g/mol. The molecule has 2 atom stereocenters. The molecule has 3 aromatic carbocycles. The molecule has 3 rings (SSSR count). The zero-order valence-electron chi connectivity index (χ0n) is 18.6. The zero-order valence-corrected chi connectivity index (χ0v) is 18.6. The van der Waals surface area contributed by atoms with Gasteiger partial charge < -0.3 is 19.9 Å². The smallest absolute Gasteiger partial charge is 0.345 e. The summed E-state index contributed by atoms with van der Waals surface area (Å²) in [6.07, 6.45) is 2.82. The molecule has 0 saturated carbocycles. The predicted molar refractivity (Wildman–Crippen MR) is 127 cm³/mol. The maximum absolute atomic E-state index is 13.4. The number of anilines is 1. The fourth-order valence-electron chi connectivity index (χ4n) is 3.35. The third kappa shape index (κ3) is 5.48. The van der Waals surface area contributed by atoms with Gasteiger partial charge in [0.2, 0.25) is 5.60 Å². The van der Waals surface area contributed by atoms with E-state index in [-0.39, 0.29) is 6.61 Å². The lowest BCUT2D eigenvalue weighted by atomic mass is 9.79. The van der Waals surface area contributed by atoms with Gasteiger partial charge in [0.25, 0.3) is 0 Å². The Hall–Kier alpha value is -3.90. The number of hydrogen-bond acceptors (Lipinski definition) is 6. The molecule has 6 heteroatoms. The van der Waals surface area contributed by atoms with Gasteiger partial charge in [0, 0.05) is 5.69 Å². The molecular weight excluding hydrogens is 418 g/mol. The van der Waals surface area contributed by atoms with Crippen molar-refractivity contribution in [1.29, 1.82) is 0 Å². The fourth-order valence-corrected chi connectivity index (χ4v) is 3.35. The number of rotatable bonds is 9. The van der Waals surface area contributed by atoms with E-state index in [1.807, 2.05) is 66.7 Å². The number of nitrogens with one attached hydrogen (secondary N) is 1. The lowest BCUT2D eigenvalue weighted by Crippen LogP contribution is -2.66. The van der Waals surface area contributed by atoms with Gasteiger partial charge in [-0.25, -0.2) is 9.59 Å². The molecule has 0 unspecified atom stereocenters. The molecule has 0 radical (unpaired) electrons. The number of esters is 2. The minimum atomic E-state index is -2.39. The van der Waals surface area contributed by atoms with Crippen LogP contribution in [0.3, 0.4) is 0 Å². The number of hydrogen-bond donors (Lipinski definition) is 2. The second-order valence-electron chi connectivity index (χ2n) is 7.68. The molecule has 3 aromatic rings. The summed E-state index contributed by atoms with van der Waals surface area (Å²) in [5.41, 5.74) is -2.27. The third-order valence-electron chi connectivity index (χ3n) is 5.36. The molecule has 0 saturated heterocycles. The highest BCUT2D eigenvalue weighted by Gasteiger charge is 2.58. The Morgan fingerprint density at radius 1 is 0.879 bits per heavy atom. The van der Waals surface area contributed by atoms with Gasteiger partial charge in [0.1, 0.15) is 6.61 Å². The van der Waals surface area contributed by atoms with Crippen molar-refractivity contribution >= 4 is 23.7 Å². The molecule has 0 fully saturated rings. The van der Waals surface area contributed by atoms with Crippen molar-refractivity contribution in [3.05, 3.63) is 108 Å². The Morgan fingerprint density at radius 2 is 1.42 bits per heavy atom. The second-order valence-corrected chi connectivity index (χ2v) is 7.68. The first-order valence-electron chi connectivity index (χ1n) is 10.5. The van der Waals surface area contributed by atoms with Crippen LogP contribution in [-0.4, -0.2) is 35.3 Å². The number of ether oxygens (including phenoxy) is 2. The lowest BCUT2D eigenvalue weighted by molar-refractivity contribution is -0.173. The Kier molecular flexibility index (Phi) is 7.64. The van der Waals surface area contributed by atoms with Crippen LogP contribution in [-0.2, 0) is 25.7 Å². The number of benzene rings is 3. The number of methoxy groups -OCH3 is 1.